The minimum absolute atomic E-state index is 0.113. The van der Waals surface area contributed by atoms with Crippen LogP contribution < -0.4 is 5.73 Å². The van der Waals surface area contributed by atoms with Gasteiger partial charge in [-0.05, 0) is 24.8 Å². The van der Waals surface area contributed by atoms with Crippen molar-refractivity contribution in [2.45, 2.75) is 32.1 Å². The topological polar surface area (TPSA) is 86.2 Å². The SMILES string of the molecule is NC(=O)CCCCCc1ccc([N+](=O)[O-])cc1. The monoisotopic (exact) mass is 236 g/mol. The number of unbranched alkanes of at least 4 members (excludes halogenated alkanes) is 2. The van der Waals surface area contributed by atoms with Gasteiger partial charge in [0.15, 0.2) is 0 Å². The van der Waals surface area contributed by atoms with E-state index in [0.29, 0.717) is 6.42 Å². The minimum atomic E-state index is -0.406. The lowest BCUT2D eigenvalue weighted by molar-refractivity contribution is -0.384. The third kappa shape index (κ3) is 5.10. The molecule has 1 rings (SSSR count). The van der Waals surface area contributed by atoms with Crippen molar-refractivity contribution in [3.63, 3.8) is 0 Å². The van der Waals surface area contributed by atoms with Crippen molar-refractivity contribution in [2.75, 3.05) is 0 Å². The van der Waals surface area contributed by atoms with E-state index < -0.39 is 4.92 Å². The van der Waals surface area contributed by atoms with Gasteiger partial charge in [-0.3, -0.25) is 14.9 Å². The Morgan fingerprint density at radius 1 is 1.18 bits per heavy atom. The van der Waals surface area contributed by atoms with Crippen molar-refractivity contribution < 1.29 is 9.72 Å². The van der Waals surface area contributed by atoms with E-state index in [1.54, 1.807) is 12.1 Å². The molecule has 92 valence electrons. The Balaban J connectivity index is 2.27. The van der Waals surface area contributed by atoms with Gasteiger partial charge in [0.1, 0.15) is 0 Å². The minimum Gasteiger partial charge on any atom is -0.370 e. The number of non-ortho nitro benzene ring substituents is 1. The van der Waals surface area contributed by atoms with E-state index in [-0.39, 0.29) is 11.6 Å². The molecule has 5 heteroatoms. The van der Waals surface area contributed by atoms with Crippen molar-refractivity contribution in [1.82, 2.24) is 0 Å². The van der Waals surface area contributed by atoms with Crippen molar-refractivity contribution in [3.05, 3.63) is 39.9 Å². The molecule has 0 heterocycles. The number of nitrogens with zero attached hydrogens (tertiary/aromatic N) is 1. The van der Waals surface area contributed by atoms with Gasteiger partial charge in [0.25, 0.3) is 5.69 Å². The first-order chi connectivity index (χ1) is 8.09. The fourth-order valence-electron chi connectivity index (χ4n) is 1.59. The zero-order chi connectivity index (χ0) is 12.7. The summed E-state index contributed by atoms with van der Waals surface area (Å²) in [6.07, 6.45) is 4.02. The molecule has 0 fully saturated rings. The van der Waals surface area contributed by atoms with Crippen LogP contribution in [0.5, 0.6) is 0 Å². The summed E-state index contributed by atoms with van der Waals surface area (Å²) >= 11 is 0. The van der Waals surface area contributed by atoms with E-state index in [1.165, 1.54) is 12.1 Å². The highest BCUT2D eigenvalue weighted by atomic mass is 16.6. The average molecular weight is 236 g/mol. The standard InChI is InChI=1S/C12H16N2O3/c13-12(15)5-3-1-2-4-10-6-8-11(9-7-10)14(16)17/h6-9H,1-5H2,(H2,13,15). The number of carbonyl (C=O) groups excluding carboxylic acids is 1. The summed E-state index contributed by atoms with van der Waals surface area (Å²) in [6.45, 7) is 0. The molecule has 1 aromatic carbocycles. The molecule has 0 aliphatic heterocycles. The Morgan fingerprint density at radius 2 is 1.82 bits per heavy atom. The second kappa shape index (κ2) is 6.62. The summed E-state index contributed by atoms with van der Waals surface area (Å²) in [6, 6.07) is 6.57. The van der Waals surface area contributed by atoms with Crippen LogP contribution in [0.2, 0.25) is 0 Å². The maximum absolute atomic E-state index is 10.5. The first-order valence-corrected chi connectivity index (χ1v) is 5.61. The molecule has 1 aromatic rings. The van der Waals surface area contributed by atoms with Gasteiger partial charge in [0.2, 0.25) is 5.91 Å². The normalized spacial score (nSPS) is 10.1. The van der Waals surface area contributed by atoms with Gasteiger partial charge in [-0.15, -0.1) is 0 Å². The Labute approximate surface area is 99.8 Å². The Hall–Kier alpha value is -1.91. The number of hydrogen-bond acceptors (Lipinski definition) is 3. The molecule has 0 saturated heterocycles. The zero-order valence-electron chi connectivity index (χ0n) is 9.59. The molecule has 1 amide bonds. The predicted molar refractivity (Wildman–Crippen MR) is 64.5 cm³/mol. The number of nitro groups is 1. The summed E-state index contributed by atoms with van der Waals surface area (Å²) in [5.41, 5.74) is 6.22. The Morgan fingerprint density at radius 3 is 2.35 bits per heavy atom. The number of nitrogens with two attached hydrogens (primary N) is 1. The number of aryl methyl sites for hydroxylation is 1. The van der Waals surface area contributed by atoms with Gasteiger partial charge in [-0.25, -0.2) is 0 Å². The van der Waals surface area contributed by atoms with Crippen LogP contribution in [0.25, 0.3) is 0 Å². The lowest BCUT2D eigenvalue weighted by atomic mass is 10.1. The van der Waals surface area contributed by atoms with Crippen molar-refractivity contribution in [2.24, 2.45) is 5.73 Å². The van der Waals surface area contributed by atoms with Crippen LogP contribution in [0.3, 0.4) is 0 Å². The number of amides is 1. The summed E-state index contributed by atoms with van der Waals surface area (Å²) in [5, 5.41) is 10.4. The molecule has 0 bridgehead atoms. The van der Waals surface area contributed by atoms with Crippen LogP contribution in [0.15, 0.2) is 24.3 Å². The maximum Gasteiger partial charge on any atom is 0.269 e. The molecule has 2 N–H and O–H groups in total. The van der Waals surface area contributed by atoms with E-state index >= 15 is 0 Å². The summed E-state index contributed by atoms with van der Waals surface area (Å²) < 4.78 is 0. The zero-order valence-corrected chi connectivity index (χ0v) is 9.59. The van der Waals surface area contributed by atoms with Gasteiger partial charge < -0.3 is 5.73 Å². The lowest BCUT2D eigenvalue weighted by Crippen LogP contribution is -2.09. The van der Waals surface area contributed by atoms with Crippen LogP contribution in [-0.4, -0.2) is 10.8 Å². The quantitative estimate of drug-likeness (QED) is 0.447. The third-order valence-corrected chi connectivity index (χ3v) is 2.54. The summed E-state index contributed by atoms with van der Waals surface area (Å²) in [5.74, 6) is -0.264. The summed E-state index contributed by atoms with van der Waals surface area (Å²) in [4.78, 5) is 20.5. The predicted octanol–water partition coefficient (Wildman–Crippen LogP) is 2.18. The van der Waals surface area contributed by atoms with Crippen molar-refractivity contribution in [1.29, 1.82) is 0 Å². The molecule has 5 nitrogen and oxygen atoms in total. The first kappa shape index (κ1) is 13.2. The van der Waals surface area contributed by atoms with E-state index in [2.05, 4.69) is 0 Å². The van der Waals surface area contributed by atoms with E-state index in [9.17, 15) is 14.9 Å². The number of hydrogen-bond donors (Lipinski definition) is 1. The number of rotatable bonds is 7. The molecular weight excluding hydrogens is 220 g/mol. The van der Waals surface area contributed by atoms with E-state index in [1.807, 2.05) is 0 Å². The van der Waals surface area contributed by atoms with Gasteiger partial charge >= 0.3 is 0 Å². The van der Waals surface area contributed by atoms with Crippen LogP contribution >= 0.6 is 0 Å². The Bertz CT molecular complexity index is 387. The molecule has 0 atom stereocenters. The van der Waals surface area contributed by atoms with Gasteiger partial charge in [0.05, 0.1) is 4.92 Å². The van der Waals surface area contributed by atoms with Crippen LogP contribution in [0.1, 0.15) is 31.2 Å². The van der Waals surface area contributed by atoms with Gasteiger partial charge in [-0.2, -0.15) is 0 Å². The highest BCUT2D eigenvalue weighted by Gasteiger charge is 2.03. The largest absolute Gasteiger partial charge is 0.370 e. The van der Waals surface area contributed by atoms with Crippen LogP contribution in [-0.2, 0) is 11.2 Å². The number of benzene rings is 1. The maximum atomic E-state index is 10.5. The highest BCUT2D eigenvalue weighted by Crippen LogP contribution is 2.14. The van der Waals surface area contributed by atoms with Crippen LogP contribution in [0.4, 0.5) is 5.69 Å². The van der Waals surface area contributed by atoms with Crippen LogP contribution in [0, 0.1) is 10.1 Å². The molecular formula is C12H16N2O3. The molecule has 0 radical (unpaired) electrons. The first-order valence-electron chi connectivity index (χ1n) is 5.61. The molecule has 0 unspecified atom stereocenters. The molecule has 0 aromatic heterocycles. The van der Waals surface area contributed by atoms with Gasteiger partial charge in [-0.1, -0.05) is 18.6 Å². The molecule has 0 aliphatic carbocycles. The average Bonchev–Trinajstić information content (AvgIpc) is 2.29. The molecule has 0 spiro atoms. The fraction of sp³-hybridized carbons (Fsp3) is 0.417. The summed E-state index contributed by atoms with van der Waals surface area (Å²) in [7, 11) is 0. The number of carbonyl (C=O) groups is 1. The second-order valence-corrected chi connectivity index (χ2v) is 3.95. The number of nitro benzene ring substituents is 1. The lowest BCUT2D eigenvalue weighted by Gasteiger charge is -2.01. The second-order valence-electron chi connectivity index (χ2n) is 3.95. The van der Waals surface area contributed by atoms with Crippen molar-refractivity contribution in [3.8, 4) is 0 Å². The molecule has 17 heavy (non-hydrogen) atoms. The van der Waals surface area contributed by atoms with E-state index in [0.717, 1.165) is 31.2 Å². The number of primary amides is 1. The van der Waals surface area contributed by atoms with E-state index in [4.69, 9.17) is 5.73 Å². The molecule has 0 saturated carbocycles. The Kier molecular flexibility index (Phi) is 5.13. The molecule has 0 aliphatic rings. The smallest absolute Gasteiger partial charge is 0.269 e. The third-order valence-electron chi connectivity index (χ3n) is 2.54. The highest BCUT2D eigenvalue weighted by molar-refractivity contribution is 5.73. The van der Waals surface area contributed by atoms with Gasteiger partial charge in [0, 0.05) is 18.6 Å². The fourth-order valence-corrected chi connectivity index (χ4v) is 1.59. The van der Waals surface area contributed by atoms with Crippen molar-refractivity contribution >= 4 is 11.6 Å².